The van der Waals surface area contributed by atoms with Crippen LogP contribution in [0.2, 0.25) is 0 Å². The van der Waals surface area contributed by atoms with Crippen molar-refractivity contribution in [1.82, 2.24) is 5.32 Å². The number of nitrogens with one attached hydrogen (secondary N) is 1. The summed E-state index contributed by atoms with van der Waals surface area (Å²) in [6, 6.07) is 0.0191. The maximum Gasteiger partial charge on any atom is 0.149 e. The molecule has 0 saturated carbocycles. The molecule has 1 atom stereocenters. The molecule has 12 heavy (non-hydrogen) atoms. The average Bonchev–Trinajstić information content (AvgIpc) is 2.12. The van der Waals surface area contributed by atoms with Crippen LogP contribution in [0.3, 0.4) is 0 Å². The van der Waals surface area contributed by atoms with Crippen molar-refractivity contribution in [2.24, 2.45) is 5.92 Å². The molecule has 0 heterocycles. The highest BCUT2D eigenvalue weighted by Gasteiger charge is 2.14. The van der Waals surface area contributed by atoms with Gasteiger partial charge in [-0.15, -0.1) is 0 Å². The smallest absolute Gasteiger partial charge is 0.149 e. The van der Waals surface area contributed by atoms with Gasteiger partial charge in [0.15, 0.2) is 0 Å². The second kappa shape index (κ2) is 6.18. The van der Waals surface area contributed by atoms with Crippen molar-refractivity contribution in [1.29, 1.82) is 0 Å². The Hall–Kier alpha value is -0.370. The molecule has 0 radical (unpaired) electrons. The molecule has 0 aromatic rings. The lowest BCUT2D eigenvalue weighted by molar-refractivity contribution is -0.121. The summed E-state index contributed by atoms with van der Waals surface area (Å²) in [4.78, 5) is 11.4. The number of hydrogen-bond donors (Lipinski definition) is 1. The van der Waals surface area contributed by atoms with Gasteiger partial charge in [0.1, 0.15) is 5.78 Å². The Morgan fingerprint density at radius 2 is 1.83 bits per heavy atom. The predicted octanol–water partition coefficient (Wildman–Crippen LogP) is 1.99. The van der Waals surface area contributed by atoms with E-state index in [1.54, 1.807) is 0 Å². The van der Waals surface area contributed by atoms with Gasteiger partial charge in [-0.1, -0.05) is 26.7 Å². The molecule has 0 aliphatic rings. The summed E-state index contributed by atoms with van der Waals surface area (Å²) in [6.07, 6.45) is 2.95. The van der Waals surface area contributed by atoms with Crippen LogP contribution >= 0.6 is 0 Å². The number of carbonyl (C=O) groups excluding carboxylic acids is 1. The van der Waals surface area contributed by atoms with Crippen LogP contribution in [0, 0.1) is 5.92 Å². The first kappa shape index (κ1) is 11.6. The van der Waals surface area contributed by atoms with Crippen LogP contribution in [0.15, 0.2) is 0 Å². The Bertz CT molecular complexity index is 130. The summed E-state index contributed by atoms with van der Waals surface area (Å²) in [5, 5.41) is 2.97. The van der Waals surface area contributed by atoms with Gasteiger partial charge in [-0.3, -0.25) is 4.79 Å². The van der Waals surface area contributed by atoms with Crippen LogP contribution < -0.4 is 5.32 Å². The largest absolute Gasteiger partial charge is 0.311 e. The zero-order valence-electron chi connectivity index (χ0n) is 8.68. The molecule has 0 amide bonds. The summed E-state index contributed by atoms with van der Waals surface area (Å²) in [5.41, 5.74) is 0. The van der Waals surface area contributed by atoms with Gasteiger partial charge >= 0.3 is 0 Å². The molecule has 0 fully saturated rings. The van der Waals surface area contributed by atoms with Crippen LogP contribution in [-0.2, 0) is 4.79 Å². The van der Waals surface area contributed by atoms with Crippen molar-refractivity contribution in [3.63, 3.8) is 0 Å². The number of Topliss-reactive ketones (excluding diaryl/α,β-unsaturated/α-hetero) is 1. The third-order valence-corrected chi connectivity index (χ3v) is 2.56. The molecule has 0 saturated heterocycles. The van der Waals surface area contributed by atoms with Crippen molar-refractivity contribution in [3.8, 4) is 0 Å². The first-order chi connectivity index (χ1) is 5.65. The number of carbonyl (C=O) groups is 1. The molecule has 0 aromatic heterocycles. The Morgan fingerprint density at radius 1 is 1.33 bits per heavy atom. The van der Waals surface area contributed by atoms with Crippen LogP contribution in [-0.4, -0.2) is 18.9 Å². The van der Waals surface area contributed by atoms with Crippen LogP contribution in [0.1, 0.15) is 40.0 Å². The van der Waals surface area contributed by atoms with Crippen molar-refractivity contribution in [3.05, 3.63) is 0 Å². The Kier molecular flexibility index (Phi) is 5.99. The van der Waals surface area contributed by atoms with E-state index in [0.717, 1.165) is 19.3 Å². The van der Waals surface area contributed by atoms with Gasteiger partial charge in [-0.05, 0) is 19.9 Å². The standard InChI is InChI=1S/C10H21NO/c1-5-9(6-2)7-10(12)8(3)11-4/h8-9,11H,5-7H2,1-4H3. The van der Waals surface area contributed by atoms with Crippen LogP contribution in [0.5, 0.6) is 0 Å². The highest BCUT2D eigenvalue weighted by atomic mass is 16.1. The van der Waals surface area contributed by atoms with Gasteiger partial charge in [-0.2, -0.15) is 0 Å². The third kappa shape index (κ3) is 3.86. The molecule has 0 aliphatic heterocycles. The van der Waals surface area contributed by atoms with Crippen LogP contribution in [0.25, 0.3) is 0 Å². The molecule has 0 bridgehead atoms. The van der Waals surface area contributed by atoms with E-state index in [1.165, 1.54) is 0 Å². The fourth-order valence-corrected chi connectivity index (χ4v) is 1.20. The molecule has 0 aliphatic carbocycles. The molecule has 2 heteroatoms. The zero-order valence-corrected chi connectivity index (χ0v) is 8.68. The second-order valence-electron chi connectivity index (χ2n) is 3.36. The zero-order chi connectivity index (χ0) is 9.56. The normalized spacial score (nSPS) is 13.4. The third-order valence-electron chi connectivity index (χ3n) is 2.56. The highest BCUT2D eigenvalue weighted by molar-refractivity contribution is 5.83. The van der Waals surface area contributed by atoms with Crippen LogP contribution in [0.4, 0.5) is 0 Å². The molecule has 0 rings (SSSR count). The predicted molar refractivity (Wildman–Crippen MR) is 52.2 cm³/mol. The van der Waals surface area contributed by atoms with Crippen molar-refractivity contribution in [2.75, 3.05) is 7.05 Å². The van der Waals surface area contributed by atoms with Crippen molar-refractivity contribution >= 4 is 5.78 Å². The Balaban J connectivity index is 3.81. The summed E-state index contributed by atoms with van der Waals surface area (Å²) < 4.78 is 0. The summed E-state index contributed by atoms with van der Waals surface area (Å²) in [7, 11) is 1.83. The molecule has 0 aromatic carbocycles. The molecular weight excluding hydrogens is 150 g/mol. The van der Waals surface area contributed by atoms with E-state index < -0.39 is 0 Å². The minimum atomic E-state index is 0.0191. The quantitative estimate of drug-likeness (QED) is 0.662. The average molecular weight is 171 g/mol. The first-order valence-corrected chi connectivity index (χ1v) is 4.85. The summed E-state index contributed by atoms with van der Waals surface area (Å²) >= 11 is 0. The molecule has 1 unspecified atom stereocenters. The minimum absolute atomic E-state index is 0.0191. The Labute approximate surface area is 75.7 Å². The summed E-state index contributed by atoms with van der Waals surface area (Å²) in [5.74, 6) is 0.916. The maximum atomic E-state index is 11.4. The monoisotopic (exact) mass is 171 g/mol. The topological polar surface area (TPSA) is 29.1 Å². The lowest BCUT2D eigenvalue weighted by Gasteiger charge is -2.14. The van der Waals surface area contributed by atoms with Gasteiger partial charge < -0.3 is 5.32 Å². The lowest BCUT2D eigenvalue weighted by atomic mass is 9.95. The second-order valence-corrected chi connectivity index (χ2v) is 3.36. The van der Waals surface area contributed by atoms with Crippen molar-refractivity contribution < 1.29 is 4.79 Å². The fourth-order valence-electron chi connectivity index (χ4n) is 1.20. The van der Waals surface area contributed by atoms with E-state index in [2.05, 4.69) is 19.2 Å². The van der Waals surface area contributed by atoms with E-state index in [9.17, 15) is 4.79 Å². The molecule has 0 spiro atoms. The number of rotatable bonds is 6. The molecule has 2 nitrogen and oxygen atoms in total. The molecule has 72 valence electrons. The Morgan fingerprint density at radius 3 is 2.17 bits per heavy atom. The van der Waals surface area contributed by atoms with E-state index in [4.69, 9.17) is 0 Å². The molecular formula is C10H21NO. The van der Waals surface area contributed by atoms with E-state index in [-0.39, 0.29) is 6.04 Å². The van der Waals surface area contributed by atoms with Gasteiger partial charge in [0.05, 0.1) is 6.04 Å². The fraction of sp³-hybridized carbons (Fsp3) is 0.900. The van der Waals surface area contributed by atoms with Gasteiger partial charge in [-0.25, -0.2) is 0 Å². The SMILES string of the molecule is CCC(CC)CC(=O)C(C)NC. The van der Waals surface area contributed by atoms with E-state index >= 15 is 0 Å². The maximum absolute atomic E-state index is 11.4. The van der Waals surface area contributed by atoms with Gasteiger partial charge in [0.2, 0.25) is 0 Å². The summed E-state index contributed by atoms with van der Waals surface area (Å²) in [6.45, 7) is 6.21. The first-order valence-electron chi connectivity index (χ1n) is 4.85. The van der Waals surface area contributed by atoms with E-state index in [0.29, 0.717) is 11.7 Å². The highest BCUT2D eigenvalue weighted by Crippen LogP contribution is 2.13. The van der Waals surface area contributed by atoms with E-state index in [1.807, 2.05) is 14.0 Å². The minimum Gasteiger partial charge on any atom is -0.311 e. The lowest BCUT2D eigenvalue weighted by Crippen LogP contribution is -2.31. The number of likely N-dealkylation sites (N-methyl/N-ethyl adjacent to an activating group) is 1. The molecule has 1 N–H and O–H groups in total. The number of hydrogen-bond acceptors (Lipinski definition) is 2. The van der Waals surface area contributed by atoms with Crippen molar-refractivity contribution in [2.45, 2.75) is 46.1 Å². The van der Waals surface area contributed by atoms with Gasteiger partial charge in [0, 0.05) is 6.42 Å². The van der Waals surface area contributed by atoms with Gasteiger partial charge in [0.25, 0.3) is 0 Å². The number of ketones is 1.